The minimum absolute atomic E-state index is 0. The van der Waals surface area contributed by atoms with E-state index in [0.29, 0.717) is 6.54 Å². The van der Waals surface area contributed by atoms with Gasteiger partial charge in [0.15, 0.2) is 0 Å². The Labute approximate surface area is 61.8 Å². The molecular weight excluding hydrogens is 128 g/mol. The molecule has 0 rings (SSSR count). The molecular formula is C6H16N4. The summed E-state index contributed by atoms with van der Waals surface area (Å²) in [5, 5.41) is 3.42. The highest BCUT2D eigenvalue weighted by atomic mass is 15.1. The molecule has 0 fully saturated rings. The highest BCUT2D eigenvalue weighted by molar-refractivity contribution is 4.46. The summed E-state index contributed by atoms with van der Waals surface area (Å²) in [7, 11) is 0. The van der Waals surface area contributed by atoms with Crippen LogP contribution >= 0.6 is 0 Å². The highest BCUT2D eigenvalue weighted by Gasteiger charge is 1.82. The number of nitrogens with zero attached hydrogens (tertiary/aromatic N) is 3. The van der Waals surface area contributed by atoms with Crippen molar-refractivity contribution < 1.29 is 0 Å². The van der Waals surface area contributed by atoms with Crippen LogP contribution in [-0.2, 0) is 0 Å². The van der Waals surface area contributed by atoms with Crippen LogP contribution in [0.5, 0.6) is 0 Å². The zero-order chi connectivity index (χ0) is 6.95. The maximum Gasteiger partial charge on any atom is 0.0257 e. The van der Waals surface area contributed by atoms with Gasteiger partial charge in [0.2, 0.25) is 0 Å². The molecule has 4 nitrogen and oxygen atoms in total. The van der Waals surface area contributed by atoms with Gasteiger partial charge in [-0.15, -0.1) is 0 Å². The second-order valence-corrected chi connectivity index (χ2v) is 2.02. The molecule has 60 valence electrons. The lowest BCUT2D eigenvalue weighted by Crippen LogP contribution is -1.78. The fourth-order valence-electron chi connectivity index (χ4n) is 0.654. The molecule has 0 unspecified atom stereocenters. The monoisotopic (exact) mass is 144 g/mol. The zero-order valence-electron chi connectivity index (χ0n) is 6.58. The molecule has 0 atom stereocenters. The summed E-state index contributed by atoms with van der Waals surface area (Å²) in [6, 6.07) is 0. The molecule has 0 aliphatic rings. The van der Waals surface area contributed by atoms with E-state index in [2.05, 4.69) is 16.9 Å². The quantitative estimate of drug-likeness (QED) is 0.273. The van der Waals surface area contributed by atoms with Crippen molar-refractivity contribution in [2.24, 2.45) is 5.11 Å². The van der Waals surface area contributed by atoms with Gasteiger partial charge in [0.25, 0.3) is 0 Å². The summed E-state index contributed by atoms with van der Waals surface area (Å²) in [4.78, 5) is 2.66. The first-order valence-electron chi connectivity index (χ1n) is 3.42. The number of hydrogen-bond donors (Lipinski definition) is 1. The van der Waals surface area contributed by atoms with Crippen molar-refractivity contribution in [2.45, 2.75) is 32.6 Å². The van der Waals surface area contributed by atoms with E-state index in [1.54, 1.807) is 0 Å². The molecule has 0 bridgehead atoms. The van der Waals surface area contributed by atoms with Crippen LogP contribution in [0.1, 0.15) is 32.6 Å². The highest BCUT2D eigenvalue weighted by Crippen LogP contribution is 1.98. The van der Waals surface area contributed by atoms with Crippen molar-refractivity contribution in [1.29, 1.82) is 0 Å². The van der Waals surface area contributed by atoms with Crippen LogP contribution in [0.15, 0.2) is 5.11 Å². The van der Waals surface area contributed by atoms with Gasteiger partial charge >= 0.3 is 0 Å². The van der Waals surface area contributed by atoms with Crippen LogP contribution in [0.4, 0.5) is 0 Å². The van der Waals surface area contributed by atoms with Gasteiger partial charge < -0.3 is 6.15 Å². The fraction of sp³-hybridized carbons (Fsp3) is 1.00. The number of hydrogen-bond acceptors (Lipinski definition) is 2. The van der Waals surface area contributed by atoms with Gasteiger partial charge in [0.05, 0.1) is 0 Å². The molecule has 0 saturated heterocycles. The normalized spacial score (nSPS) is 7.70. The molecule has 0 amide bonds. The van der Waals surface area contributed by atoms with Crippen LogP contribution in [0.25, 0.3) is 10.4 Å². The molecule has 3 N–H and O–H groups in total. The first kappa shape index (κ1) is 12.0. The lowest BCUT2D eigenvalue weighted by atomic mass is 10.2. The van der Waals surface area contributed by atoms with Crippen molar-refractivity contribution in [3.63, 3.8) is 0 Å². The van der Waals surface area contributed by atoms with Crippen LogP contribution in [0.3, 0.4) is 0 Å². The second-order valence-electron chi connectivity index (χ2n) is 2.02. The second kappa shape index (κ2) is 11.1. The topological polar surface area (TPSA) is 83.8 Å². The van der Waals surface area contributed by atoms with Gasteiger partial charge in [-0.3, -0.25) is 0 Å². The third-order valence-corrected chi connectivity index (χ3v) is 1.17. The Kier molecular flexibility index (Phi) is 13.3. The Hall–Kier alpha value is -0.730. The maximum absolute atomic E-state index is 7.88. The van der Waals surface area contributed by atoms with Crippen LogP contribution in [-0.4, -0.2) is 6.54 Å². The largest absolute Gasteiger partial charge is 0.344 e. The minimum Gasteiger partial charge on any atom is -0.344 e. The predicted octanol–water partition coefficient (Wildman–Crippen LogP) is 3.04. The smallest absolute Gasteiger partial charge is 0.0257 e. The number of rotatable bonds is 5. The minimum atomic E-state index is 0. The SMILES string of the molecule is CCCCCCN=[N+]=[N-].N. The third-order valence-electron chi connectivity index (χ3n) is 1.17. The van der Waals surface area contributed by atoms with E-state index in [1.807, 2.05) is 0 Å². The van der Waals surface area contributed by atoms with Gasteiger partial charge in [-0.25, -0.2) is 0 Å². The van der Waals surface area contributed by atoms with Gasteiger partial charge in [-0.1, -0.05) is 31.3 Å². The van der Waals surface area contributed by atoms with E-state index in [1.165, 1.54) is 19.3 Å². The van der Waals surface area contributed by atoms with Crippen molar-refractivity contribution in [3.05, 3.63) is 10.4 Å². The van der Waals surface area contributed by atoms with Gasteiger partial charge in [0, 0.05) is 11.5 Å². The van der Waals surface area contributed by atoms with Crippen LogP contribution in [0.2, 0.25) is 0 Å². The summed E-state index contributed by atoms with van der Waals surface area (Å²) in [6.45, 7) is 2.82. The first-order chi connectivity index (χ1) is 4.41. The maximum atomic E-state index is 7.88. The lowest BCUT2D eigenvalue weighted by Gasteiger charge is -1.91. The van der Waals surface area contributed by atoms with Gasteiger partial charge in [0.1, 0.15) is 0 Å². The summed E-state index contributed by atoms with van der Waals surface area (Å²) < 4.78 is 0. The van der Waals surface area contributed by atoms with E-state index in [9.17, 15) is 0 Å². The predicted molar refractivity (Wildman–Crippen MR) is 43.2 cm³/mol. The number of unbranched alkanes of at least 4 members (excludes halogenated alkanes) is 3. The van der Waals surface area contributed by atoms with E-state index >= 15 is 0 Å². The van der Waals surface area contributed by atoms with E-state index in [4.69, 9.17) is 5.53 Å². The average molecular weight is 144 g/mol. The third kappa shape index (κ3) is 10.3. The van der Waals surface area contributed by atoms with E-state index in [-0.39, 0.29) is 6.15 Å². The Morgan fingerprint density at radius 2 is 2.00 bits per heavy atom. The molecule has 0 aliphatic heterocycles. The molecule has 0 saturated carbocycles. The van der Waals surface area contributed by atoms with E-state index in [0.717, 1.165) is 6.42 Å². The first-order valence-corrected chi connectivity index (χ1v) is 3.42. The Bertz CT molecular complexity index is 95.9. The van der Waals surface area contributed by atoms with Crippen molar-refractivity contribution in [1.82, 2.24) is 6.15 Å². The molecule has 10 heavy (non-hydrogen) atoms. The van der Waals surface area contributed by atoms with E-state index < -0.39 is 0 Å². The summed E-state index contributed by atoms with van der Waals surface area (Å²) in [6.07, 6.45) is 4.71. The Morgan fingerprint density at radius 1 is 1.30 bits per heavy atom. The van der Waals surface area contributed by atoms with Crippen LogP contribution in [0, 0.1) is 0 Å². The Balaban J connectivity index is 0. The molecule has 0 heterocycles. The zero-order valence-corrected chi connectivity index (χ0v) is 6.58. The van der Waals surface area contributed by atoms with Crippen molar-refractivity contribution in [3.8, 4) is 0 Å². The van der Waals surface area contributed by atoms with Gasteiger partial charge in [-0.2, -0.15) is 0 Å². The number of azide groups is 1. The van der Waals surface area contributed by atoms with Crippen LogP contribution < -0.4 is 6.15 Å². The average Bonchev–Trinajstić information content (AvgIpc) is 1.89. The summed E-state index contributed by atoms with van der Waals surface area (Å²) in [5.74, 6) is 0. The molecule has 0 aromatic rings. The Morgan fingerprint density at radius 3 is 2.50 bits per heavy atom. The van der Waals surface area contributed by atoms with Gasteiger partial charge in [-0.05, 0) is 12.0 Å². The fourth-order valence-corrected chi connectivity index (χ4v) is 0.654. The molecule has 0 aromatic carbocycles. The standard InChI is InChI=1S/C6H13N3.H3N/c1-2-3-4-5-6-8-9-7;/h2-6H2,1H3;1H3. The van der Waals surface area contributed by atoms with Crippen molar-refractivity contribution >= 4 is 0 Å². The summed E-state index contributed by atoms with van der Waals surface area (Å²) in [5.41, 5.74) is 7.88. The summed E-state index contributed by atoms with van der Waals surface area (Å²) >= 11 is 0. The lowest BCUT2D eigenvalue weighted by molar-refractivity contribution is 0.673. The molecule has 4 heteroatoms. The van der Waals surface area contributed by atoms with Crippen molar-refractivity contribution in [2.75, 3.05) is 6.54 Å². The molecule has 0 spiro atoms. The molecule has 0 aromatic heterocycles. The molecule has 0 aliphatic carbocycles. The molecule has 0 radical (unpaired) electrons.